The topological polar surface area (TPSA) is 61.5 Å². The number of nitrogens with zero attached hydrogens (tertiary/aromatic N) is 4. The van der Waals surface area contributed by atoms with Crippen LogP contribution in [0.1, 0.15) is 24.3 Å². The lowest BCUT2D eigenvalue weighted by Gasteiger charge is -2.24. The maximum absolute atomic E-state index is 12.9. The Balaban J connectivity index is 1.80. The van der Waals surface area contributed by atoms with E-state index in [9.17, 15) is 8.78 Å². The van der Waals surface area contributed by atoms with Gasteiger partial charge >= 0.3 is 0 Å². The summed E-state index contributed by atoms with van der Waals surface area (Å²) >= 11 is 7.11. The fourth-order valence-corrected chi connectivity index (χ4v) is 4.28. The molecule has 0 N–H and O–H groups in total. The van der Waals surface area contributed by atoms with E-state index >= 15 is 0 Å². The van der Waals surface area contributed by atoms with Crippen LogP contribution in [0.4, 0.5) is 8.78 Å². The second-order valence-electron chi connectivity index (χ2n) is 5.74. The molecule has 0 amide bonds. The van der Waals surface area contributed by atoms with Crippen LogP contribution in [0.15, 0.2) is 17.2 Å². The van der Waals surface area contributed by atoms with E-state index in [0.29, 0.717) is 35.2 Å². The van der Waals surface area contributed by atoms with Crippen LogP contribution < -0.4 is 4.74 Å². The Bertz CT molecular complexity index is 963. The molecule has 1 fully saturated rings. The lowest BCUT2D eigenvalue weighted by atomic mass is 10.1. The summed E-state index contributed by atoms with van der Waals surface area (Å²) in [5.74, 6) is 0.832. The van der Waals surface area contributed by atoms with Crippen LogP contribution in [0.5, 0.6) is 5.75 Å². The molecule has 0 bridgehead atoms. The fraction of sp³-hybridized carbons (Fsp3) is 0.400. The summed E-state index contributed by atoms with van der Waals surface area (Å²) in [7, 11) is 6.95. The average Bonchev–Trinajstić information content (AvgIpc) is 3.27. The zero-order valence-electron chi connectivity index (χ0n) is 13.6. The summed E-state index contributed by atoms with van der Waals surface area (Å²) in [5, 5.41) is 7.38. The lowest BCUT2D eigenvalue weighted by molar-refractivity contribution is 0.0259. The Labute approximate surface area is 170 Å². The Morgan fingerprint density at radius 1 is 1.33 bits per heavy atom. The second kappa shape index (κ2) is 8.04. The van der Waals surface area contributed by atoms with Gasteiger partial charge in [-0.1, -0.05) is 22.9 Å². The van der Waals surface area contributed by atoms with E-state index in [4.69, 9.17) is 31.8 Å². The first-order valence-corrected chi connectivity index (χ1v) is 10.8. The number of fused-ring (bicyclic) bond motifs is 1. The third-order valence-electron chi connectivity index (χ3n) is 4.00. The van der Waals surface area contributed by atoms with Crippen LogP contribution in [-0.2, 0) is 4.74 Å². The summed E-state index contributed by atoms with van der Waals surface area (Å²) in [4.78, 5) is 4.99. The molecule has 1 aliphatic heterocycles. The predicted octanol–water partition coefficient (Wildman–Crippen LogP) is 5.25. The Kier molecular flexibility index (Phi) is 5.70. The third kappa shape index (κ3) is 3.86. The van der Waals surface area contributed by atoms with Crippen LogP contribution in [0.3, 0.4) is 0 Å². The molecule has 144 valence electrons. The van der Waals surface area contributed by atoms with Crippen molar-refractivity contribution in [3.05, 3.63) is 22.4 Å². The van der Waals surface area contributed by atoms with Crippen LogP contribution in [0, 0.1) is 0 Å². The number of rotatable bonds is 5. The van der Waals surface area contributed by atoms with Gasteiger partial charge in [-0.25, -0.2) is 13.8 Å². The lowest BCUT2D eigenvalue weighted by Crippen LogP contribution is -2.26. The van der Waals surface area contributed by atoms with Crippen LogP contribution in [-0.4, -0.2) is 38.9 Å². The summed E-state index contributed by atoms with van der Waals surface area (Å²) in [6, 6.07) is 1.78. The standard InChI is InChI=1S/C15H12Cl2F2N4O2S2/c16-11-10-9(25-7-1-3-24-4-2-7)5-8(27-17)6-23(10)13(20-11)15-22-21-14(26-15)12(18)19/h5-7,12H,1-4H2. The van der Waals surface area contributed by atoms with Crippen LogP contribution in [0.2, 0.25) is 5.15 Å². The van der Waals surface area contributed by atoms with E-state index in [1.807, 2.05) is 0 Å². The SMILES string of the molecule is FC(F)c1nnc(-c2nc(Cl)c3c(OC4CCOCC4)cc(SCl)cn23)s1. The van der Waals surface area contributed by atoms with Gasteiger partial charge in [-0.3, -0.25) is 4.40 Å². The van der Waals surface area contributed by atoms with Gasteiger partial charge in [-0.05, 0) is 27.7 Å². The minimum atomic E-state index is -2.70. The molecule has 4 rings (SSSR count). The summed E-state index contributed by atoms with van der Waals surface area (Å²) < 4.78 is 38.9. The van der Waals surface area contributed by atoms with Crippen molar-refractivity contribution in [3.8, 4) is 16.6 Å². The molecule has 0 aliphatic carbocycles. The van der Waals surface area contributed by atoms with Gasteiger partial charge in [0.25, 0.3) is 6.43 Å². The molecule has 0 spiro atoms. The molecule has 3 aromatic rings. The van der Waals surface area contributed by atoms with E-state index in [0.717, 1.165) is 35.2 Å². The van der Waals surface area contributed by atoms with Crippen molar-refractivity contribution in [1.29, 1.82) is 0 Å². The highest BCUT2D eigenvalue weighted by atomic mass is 35.7. The number of ether oxygens (including phenoxy) is 2. The van der Waals surface area contributed by atoms with Crippen molar-refractivity contribution in [1.82, 2.24) is 19.6 Å². The molecule has 1 saturated heterocycles. The Morgan fingerprint density at radius 3 is 2.78 bits per heavy atom. The van der Waals surface area contributed by atoms with Crippen molar-refractivity contribution >= 4 is 50.1 Å². The average molecular weight is 453 g/mol. The summed E-state index contributed by atoms with van der Waals surface area (Å²) in [5.41, 5.74) is 0.529. The fourth-order valence-electron chi connectivity index (χ4n) is 2.78. The first-order chi connectivity index (χ1) is 13.1. The van der Waals surface area contributed by atoms with Gasteiger partial charge in [0.15, 0.2) is 21.0 Å². The summed E-state index contributed by atoms with van der Waals surface area (Å²) in [6.45, 7) is 1.26. The largest absolute Gasteiger partial charge is 0.488 e. The molecule has 0 unspecified atom stereocenters. The molecule has 6 nitrogen and oxygen atoms in total. The van der Waals surface area contributed by atoms with E-state index in [-0.39, 0.29) is 21.3 Å². The van der Waals surface area contributed by atoms with Crippen molar-refractivity contribution in [2.45, 2.75) is 30.3 Å². The van der Waals surface area contributed by atoms with Gasteiger partial charge in [0, 0.05) is 23.9 Å². The number of alkyl halides is 2. The first-order valence-electron chi connectivity index (χ1n) is 7.93. The van der Waals surface area contributed by atoms with E-state index in [2.05, 4.69) is 15.2 Å². The van der Waals surface area contributed by atoms with Crippen molar-refractivity contribution < 1.29 is 18.3 Å². The zero-order chi connectivity index (χ0) is 19.0. The third-order valence-corrected chi connectivity index (χ3v) is 6.13. The maximum Gasteiger partial charge on any atom is 0.291 e. The molecule has 27 heavy (non-hydrogen) atoms. The monoisotopic (exact) mass is 452 g/mol. The quantitative estimate of drug-likeness (QED) is 0.526. The number of hydrogen-bond donors (Lipinski definition) is 0. The Morgan fingerprint density at radius 2 is 2.11 bits per heavy atom. The molecule has 3 aromatic heterocycles. The highest BCUT2D eigenvalue weighted by Gasteiger charge is 2.24. The number of aromatic nitrogens is 4. The van der Waals surface area contributed by atoms with Gasteiger partial charge in [0.1, 0.15) is 17.4 Å². The minimum absolute atomic E-state index is 0.0143. The number of hydrogen-bond acceptors (Lipinski definition) is 7. The smallest absolute Gasteiger partial charge is 0.291 e. The van der Waals surface area contributed by atoms with E-state index in [1.165, 1.54) is 0 Å². The molecule has 0 aromatic carbocycles. The van der Waals surface area contributed by atoms with Gasteiger partial charge in [-0.2, -0.15) is 0 Å². The number of halogens is 4. The van der Waals surface area contributed by atoms with E-state index < -0.39 is 6.43 Å². The van der Waals surface area contributed by atoms with E-state index in [1.54, 1.807) is 16.7 Å². The number of imidazole rings is 1. The highest BCUT2D eigenvalue weighted by molar-refractivity contribution is 8.21. The Hall–Kier alpha value is -1.20. The minimum Gasteiger partial charge on any atom is -0.488 e. The number of pyridine rings is 1. The van der Waals surface area contributed by atoms with Gasteiger partial charge in [-0.15, -0.1) is 10.2 Å². The van der Waals surface area contributed by atoms with Crippen LogP contribution >= 0.6 is 44.6 Å². The first kappa shape index (κ1) is 19.1. The molecule has 0 saturated carbocycles. The summed E-state index contributed by atoms with van der Waals surface area (Å²) in [6.07, 6.45) is 0.523. The molecular formula is C15H12Cl2F2N4O2S2. The predicted molar refractivity (Wildman–Crippen MR) is 100 cm³/mol. The zero-order valence-corrected chi connectivity index (χ0v) is 16.7. The molecule has 4 heterocycles. The highest BCUT2D eigenvalue weighted by Crippen LogP contribution is 2.38. The second-order valence-corrected chi connectivity index (χ2v) is 8.19. The van der Waals surface area contributed by atoms with Crippen molar-refractivity contribution in [3.63, 3.8) is 0 Å². The van der Waals surface area contributed by atoms with Gasteiger partial charge in [0.2, 0.25) is 0 Å². The van der Waals surface area contributed by atoms with Crippen molar-refractivity contribution in [2.75, 3.05) is 13.2 Å². The maximum atomic E-state index is 12.9. The van der Waals surface area contributed by atoms with Gasteiger partial charge in [0.05, 0.1) is 13.2 Å². The normalized spacial score (nSPS) is 15.7. The molecule has 1 aliphatic rings. The molecule has 0 atom stereocenters. The molecule has 0 radical (unpaired) electrons. The molecular weight excluding hydrogens is 441 g/mol. The van der Waals surface area contributed by atoms with Crippen LogP contribution in [0.25, 0.3) is 16.3 Å². The molecule has 12 heteroatoms. The van der Waals surface area contributed by atoms with Gasteiger partial charge < -0.3 is 9.47 Å². The van der Waals surface area contributed by atoms with Crippen molar-refractivity contribution in [2.24, 2.45) is 0 Å².